The average molecular weight is 328 g/mol. The molecule has 3 nitrogen and oxygen atoms in total. The zero-order valence-corrected chi connectivity index (χ0v) is 13.4. The van der Waals surface area contributed by atoms with Crippen molar-refractivity contribution in [2.75, 3.05) is 20.3 Å². The van der Waals surface area contributed by atoms with Gasteiger partial charge in [0.05, 0.1) is 19.3 Å². The van der Waals surface area contributed by atoms with Gasteiger partial charge in [-0.2, -0.15) is 0 Å². The van der Waals surface area contributed by atoms with Gasteiger partial charge in [0.2, 0.25) is 0 Å². The molecule has 1 N–H and O–H groups in total. The molecule has 1 aromatic carbocycles. The van der Waals surface area contributed by atoms with Gasteiger partial charge in [0, 0.05) is 16.9 Å². The molecule has 0 radical (unpaired) electrons. The summed E-state index contributed by atoms with van der Waals surface area (Å²) in [5.74, 6) is 1.08. The molecule has 1 aromatic rings. The predicted molar refractivity (Wildman–Crippen MR) is 81.0 cm³/mol. The maximum atomic E-state index is 5.77. The van der Waals surface area contributed by atoms with E-state index in [9.17, 15) is 0 Å². The van der Waals surface area contributed by atoms with Gasteiger partial charge in [-0.15, -0.1) is 0 Å². The Bertz CT molecular complexity index is 434. The molecule has 0 saturated heterocycles. The topological polar surface area (TPSA) is 30.5 Å². The highest BCUT2D eigenvalue weighted by Gasteiger charge is 2.20. The zero-order valence-electron chi connectivity index (χ0n) is 11.8. The lowest BCUT2D eigenvalue weighted by atomic mass is 10.0. The van der Waals surface area contributed by atoms with Gasteiger partial charge < -0.3 is 14.8 Å². The summed E-state index contributed by atoms with van der Waals surface area (Å²) >= 11 is 3.58. The fourth-order valence-corrected chi connectivity index (χ4v) is 2.87. The SMILES string of the molecule is CNC(COC(C)C)Cc1cc(Br)cc2c1OCC2. The van der Waals surface area contributed by atoms with Crippen LogP contribution in [0, 0.1) is 0 Å². The van der Waals surface area contributed by atoms with Gasteiger partial charge in [-0.05, 0) is 50.6 Å². The van der Waals surface area contributed by atoms with Crippen molar-refractivity contribution in [1.82, 2.24) is 5.32 Å². The van der Waals surface area contributed by atoms with E-state index in [1.165, 1.54) is 11.1 Å². The van der Waals surface area contributed by atoms with Gasteiger partial charge in [0.25, 0.3) is 0 Å². The van der Waals surface area contributed by atoms with Crippen molar-refractivity contribution in [2.45, 2.75) is 38.8 Å². The minimum Gasteiger partial charge on any atom is -0.493 e. The van der Waals surface area contributed by atoms with Gasteiger partial charge in [-0.1, -0.05) is 15.9 Å². The van der Waals surface area contributed by atoms with E-state index in [2.05, 4.69) is 47.2 Å². The first kappa shape index (κ1) is 14.8. The Kier molecular flexibility index (Phi) is 5.25. The summed E-state index contributed by atoms with van der Waals surface area (Å²) in [6.45, 7) is 5.64. The molecule has 1 aliphatic heterocycles. The van der Waals surface area contributed by atoms with Gasteiger partial charge >= 0.3 is 0 Å². The Hall–Kier alpha value is -0.580. The lowest BCUT2D eigenvalue weighted by molar-refractivity contribution is 0.0627. The summed E-state index contributed by atoms with van der Waals surface area (Å²) in [7, 11) is 1.98. The second-order valence-corrected chi connectivity index (χ2v) is 6.14. The van der Waals surface area contributed by atoms with Crippen LogP contribution in [0.3, 0.4) is 0 Å². The second kappa shape index (κ2) is 6.73. The van der Waals surface area contributed by atoms with Crippen molar-refractivity contribution in [2.24, 2.45) is 0 Å². The van der Waals surface area contributed by atoms with Crippen molar-refractivity contribution in [3.8, 4) is 5.75 Å². The molecule has 0 saturated carbocycles. The van der Waals surface area contributed by atoms with E-state index >= 15 is 0 Å². The van der Waals surface area contributed by atoms with Gasteiger partial charge in [0.1, 0.15) is 5.75 Å². The maximum Gasteiger partial charge on any atom is 0.125 e. The summed E-state index contributed by atoms with van der Waals surface area (Å²) in [6.07, 6.45) is 2.19. The summed E-state index contributed by atoms with van der Waals surface area (Å²) in [5.41, 5.74) is 2.57. The standard InChI is InChI=1S/C15H22BrNO2/c1-10(2)19-9-14(17-3)8-12-7-13(16)6-11-4-5-18-15(11)12/h6-7,10,14,17H,4-5,8-9H2,1-3H3. The Morgan fingerprint density at radius 3 is 2.89 bits per heavy atom. The molecule has 1 aliphatic rings. The number of rotatable bonds is 6. The first-order valence-corrected chi connectivity index (χ1v) is 7.62. The minimum atomic E-state index is 0.264. The van der Waals surface area contributed by atoms with Crippen LogP contribution in [0.5, 0.6) is 5.75 Å². The monoisotopic (exact) mass is 327 g/mol. The lowest BCUT2D eigenvalue weighted by Crippen LogP contribution is -2.33. The Morgan fingerprint density at radius 1 is 1.42 bits per heavy atom. The summed E-state index contributed by atoms with van der Waals surface area (Å²) in [5, 5.41) is 3.32. The third kappa shape index (κ3) is 3.94. The van der Waals surface area contributed by atoms with Crippen molar-refractivity contribution in [1.29, 1.82) is 0 Å². The number of halogens is 1. The molecule has 1 atom stereocenters. The van der Waals surface area contributed by atoms with E-state index in [1.807, 2.05) is 7.05 Å². The highest BCUT2D eigenvalue weighted by atomic mass is 79.9. The van der Waals surface area contributed by atoms with Crippen LogP contribution in [0.4, 0.5) is 0 Å². The molecule has 0 amide bonds. The molecular formula is C15H22BrNO2. The Morgan fingerprint density at radius 2 is 2.21 bits per heavy atom. The van der Waals surface area contributed by atoms with Crippen LogP contribution < -0.4 is 10.1 Å². The van der Waals surface area contributed by atoms with Crippen LogP contribution in [0.15, 0.2) is 16.6 Å². The van der Waals surface area contributed by atoms with Crippen LogP contribution in [0.1, 0.15) is 25.0 Å². The minimum absolute atomic E-state index is 0.264. The fourth-order valence-electron chi connectivity index (χ4n) is 2.32. The number of hydrogen-bond acceptors (Lipinski definition) is 3. The van der Waals surface area contributed by atoms with Gasteiger partial charge in [0.15, 0.2) is 0 Å². The third-order valence-corrected chi connectivity index (χ3v) is 3.79. The predicted octanol–water partition coefficient (Wildman–Crippen LogP) is 2.94. The molecule has 4 heteroatoms. The van der Waals surface area contributed by atoms with Gasteiger partial charge in [-0.3, -0.25) is 0 Å². The second-order valence-electron chi connectivity index (χ2n) is 5.22. The molecule has 0 aromatic heterocycles. The lowest BCUT2D eigenvalue weighted by Gasteiger charge is -2.19. The summed E-state index contributed by atoms with van der Waals surface area (Å²) in [6, 6.07) is 4.62. The molecule has 0 aliphatic carbocycles. The number of benzene rings is 1. The largest absolute Gasteiger partial charge is 0.493 e. The zero-order chi connectivity index (χ0) is 13.8. The van der Waals surface area contributed by atoms with E-state index in [4.69, 9.17) is 9.47 Å². The van der Waals surface area contributed by atoms with Crippen LogP contribution in [-0.4, -0.2) is 32.4 Å². The summed E-state index contributed by atoms with van der Waals surface area (Å²) < 4.78 is 12.6. The number of hydrogen-bond donors (Lipinski definition) is 1. The highest BCUT2D eigenvalue weighted by molar-refractivity contribution is 9.10. The molecule has 0 fully saturated rings. The van der Waals surface area contributed by atoms with Crippen LogP contribution in [0.2, 0.25) is 0 Å². The van der Waals surface area contributed by atoms with E-state index in [0.717, 1.165) is 36.3 Å². The number of fused-ring (bicyclic) bond motifs is 1. The van der Waals surface area contributed by atoms with Crippen molar-refractivity contribution < 1.29 is 9.47 Å². The Balaban J connectivity index is 2.09. The quantitative estimate of drug-likeness (QED) is 0.871. The van der Waals surface area contributed by atoms with Crippen molar-refractivity contribution in [3.63, 3.8) is 0 Å². The molecule has 0 spiro atoms. The third-order valence-electron chi connectivity index (χ3n) is 3.33. The van der Waals surface area contributed by atoms with E-state index in [-0.39, 0.29) is 6.10 Å². The van der Waals surface area contributed by atoms with E-state index < -0.39 is 0 Å². The number of nitrogens with one attached hydrogen (secondary N) is 1. The molecule has 0 bridgehead atoms. The van der Waals surface area contributed by atoms with E-state index in [1.54, 1.807) is 0 Å². The molecule has 106 valence electrons. The first-order valence-electron chi connectivity index (χ1n) is 6.83. The molecule has 19 heavy (non-hydrogen) atoms. The molecule has 1 heterocycles. The first-order chi connectivity index (χ1) is 9.10. The van der Waals surface area contributed by atoms with Crippen LogP contribution in [-0.2, 0) is 17.6 Å². The smallest absolute Gasteiger partial charge is 0.125 e. The number of likely N-dealkylation sites (N-methyl/N-ethyl adjacent to an activating group) is 1. The molecule has 2 rings (SSSR count). The molecule has 1 unspecified atom stereocenters. The summed E-state index contributed by atoms with van der Waals surface area (Å²) in [4.78, 5) is 0. The van der Waals surface area contributed by atoms with Gasteiger partial charge in [-0.25, -0.2) is 0 Å². The fraction of sp³-hybridized carbons (Fsp3) is 0.600. The van der Waals surface area contributed by atoms with Crippen LogP contribution >= 0.6 is 15.9 Å². The van der Waals surface area contributed by atoms with E-state index in [0.29, 0.717) is 6.04 Å². The maximum absolute atomic E-state index is 5.77. The highest BCUT2D eigenvalue weighted by Crippen LogP contribution is 2.33. The van der Waals surface area contributed by atoms with Crippen LogP contribution in [0.25, 0.3) is 0 Å². The average Bonchev–Trinajstić information content (AvgIpc) is 2.81. The van der Waals surface area contributed by atoms with Crippen molar-refractivity contribution >= 4 is 15.9 Å². The Labute approximate surface area is 123 Å². The van der Waals surface area contributed by atoms with Crippen molar-refractivity contribution in [3.05, 3.63) is 27.7 Å². The normalized spacial score (nSPS) is 15.4. The number of ether oxygens (including phenoxy) is 2. The molecular weight excluding hydrogens is 306 g/mol.